The third-order valence-corrected chi connectivity index (χ3v) is 3.92. The van der Waals surface area contributed by atoms with Crippen LogP contribution in [0.1, 0.15) is 18.1 Å². The second-order valence-electron chi connectivity index (χ2n) is 5.32. The maximum Gasteiger partial charge on any atom is 0.328 e. The number of halogens is 1. The second-order valence-corrected chi connectivity index (χ2v) is 6.18. The lowest BCUT2D eigenvalue weighted by molar-refractivity contribution is -0.131. The zero-order valence-electron chi connectivity index (χ0n) is 14.5. The molecule has 2 aromatic carbocycles. The summed E-state index contributed by atoms with van der Waals surface area (Å²) in [6.07, 6.45) is 2.58. The summed E-state index contributed by atoms with van der Waals surface area (Å²) in [6.45, 7) is 3.69. The number of hydrogen-bond acceptors (Lipinski definition) is 4. The van der Waals surface area contributed by atoms with E-state index in [0.29, 0.717) is 48.0 Å². The molecule has 138 valence electrons. The molecule has 6 heteroatoms. The highest BCUT2D eigenvalue weighted by molar-refractivity contribution is 9.10. The summed E-state index contributed by atoms with van der Waals surface area (Å²) < 4.78 is 17.7. The molecule has 0 fully saturated rings. The van der Waals surface area contributed by atoms with E-state index < -0.39 is 5.97 Å². The smallest absolute Gasteiger partial charge is 0.328 e. The number of benzene rings is 2. The first-order chi connectivity index (χ1) is 12.6. The van der Waals surface area contributed by atoms with Crippen molar-refractivity contribution in [2.24, 2.45) is 0 Å². The van der Waals surface area contributed by atoms with Gasteiger partial charge in [-0.15, -0.1) is 0 Å². The van der Waals surface area contributed by atoms with Crippen LogP contribution in [0.25, 0.3) is 6.08 Å². The van der Waals surface area contributed by atoms with E-state index in [1.165, 1.54) is 6.08 Å². The molecule has 0 aliphatic rings. The van der Waals surface area contributed by atoms with Crippen LogP contribution >= 0.6 is 15.9 Å². The highest BCUT2D eigenvalue weighted by atomic mass is 79.9. The molecule has 0 atom stereocenters. The first-order valence-electron chi connectivity index (χ1n) is 8.22. The summed E-state index contributed by atoms with van der Waals surface area (Å²) in [5.74, 6) is 0.118. The monoisotopic (exact) mass is 420 g/mol. The van der Waals surface area contributed by atoms with Gasteiger partial charge in [0.2, 0.25) is 0 Å². The molecular weight excluding hydrogens is 400 g/mol. The summed E-state index contributed by atoms with van der Waals surface area (Å²) in [4.78, 5) is 10.7. The van der Waals surface area contributed by atoms with Gasteiger partial charge in [-0.2, -0.15) is 0 Å². The van der Waals surface area contributed by atoms with Crippen LogP contribution in [0, 0.1) is 0 Å². The van der Waals surface area contributed by atoms with E-state index in [1.54, 1.807) is 12.1 Å². The number of carboxylic acids is 1. The summed E-state index contributed by atoms with van der Waals surface area (Å²) in [6, 6.07) is 13.5. The Morgan fingerprint density at radius 3 is 2.62 bits per heavy atom. The van der Waals surface area contributed by atoms with Crippen LogP contribution in [-0.2, 0) is 16.1 Å². The van der Waals surface area contributed by atoms with Gasteiger partial charge < -0.3 is 19.3 Å². The van der Waals surface area contributed by atoms with Gasteiger partial charge in [0.15, 0.2) is 11.5 Å². The zero-order valence-corrected chi connectivity index (χ0v) is 16.1. The molecule has 0 heterocycles. The van der Waals surface area contributed by atoms with E-state index in [4.69, 9.17) is 19.3 Å². The first kappa shape index (κ1) is 20.0. The summed E-state index contributed by atoms with van der Waals surface area (Å²) >= 11 is 3.45. The van der Waals surface area contributed by atoms with Crippen LogP contribution in [-0.4, -0.2) is 30.9 Å². The van der Waals surface area contributed by atoms with Crippen LogP contribution in [0.3, 0.4) is 0 Å². The van der Waals surface area contributed by atoms with Crippen LogP contribution < -0.4 is 9.47 Å². The van der Waals surface area contributed by atoms with Crippen molar-refractivity contribution in [3.63, 3.8) is 0 Å². The Morgan fingerprint density at radius 2 is 1.92 bits per heavy atom. The van der Waals surface area contributed by atoms with Gasteiger partial charge in [-0.1, -0.05) is 30.3 Å². The lowest BCUT2D eigenvalue weighted by Gasteiger charge is -2.15. The van der Waals surface area contributed by atoms with Crippen molar-refractivity contribution >= 4 is 28.0 Å². The molecule has 0 spiro atoms. The SMILES string of the molecule is CCOc1cc(/C=C/C(=O)O)cc(Br)c1OCCOCc1ccccc1. The molecule has 5 nitrogen and oxygen atoms in total. The Kier molecular flexibility index (Phi) is 8.18. The van der Waals surface area contributed by atoms with Gasteiger partial charge in [-0.25, -0.2) is 4.79 Å². The van der Waals surface area contributed by atoms with Crippen molar-refractivity contribution in [3.05, 3.63) is 64.1 Å². The maximum atomic E-state index is 10.7. The maximum absolute atomic E-state index is 10.7. The average Bonchev–Trinajstić information content (AvgIpc) is 2.62. The minimum absolute atomic E-state index is 0.371. The molecule has 1 N–H and O–H groups in total. The molecule has 0 saturated carbocycles. The largest absolute Gasteiger partial charge is 0.490 e. The molecule has 0 aliphatic carbocycles. The van der Waals surface area contributed by atoms with Gasteiger partial charge in [0.1, 0.15) is 6.61 Å². The molecule has 0 unspecified atom stereocenters. The predicted octanol–water partition coefficient (Wildman–Crippen LogP) is 4.54. The van der Waals surface area contributed by atoms with Gasteiger partial charge in [0, 0.05) is 6.08 Å². The van der Waals surface area contributed by atoms with Gasteiger partial charge in [0.25, 0.3) is 0 Å². The fourth-order valence-electron chi connectivity index (χ4n) is 2.22. The van der Waals surface area contributed by atoms with Crippen LogP contribution in [0.4, 0.5) is 0 Å². The summed E-state index contributed by atoms with van der Waals surface area (Å²) in [7, 11) is 0. The highest BCUT2D eigenvalue weighted by Crippen LogP contribution is 2.37. The quantitative estimate of drug-likeness (QED) is 0.451. The number of hydrogen-bond donors (Lipinski definition) is 1. The van der Waals surface area contributed by atoms with Gasteiger partial charge in [-0.3, -0.25) is 0 Å². The molecule has 0 bridgehead atoms. The minimum Gasteiger partial charge on any atom is -0.490 e. The van der Waals surface area contributed by atoms with Crippen molar-refractivity contribution < 1.29 is 24.1 Å². The molecular formula is C20H21BrO5. The lowest BCUT2D eigenvalue weighted by atomic mass is 10.2. The Labute approximate surface area is 161 Å². The van der Waals surface area contributed by atoms with Crippen molar-refractivity contribution in [1.29, 1.82) is 0 Å². The fraction of sp³-hybridized carbons (Fsp3) is 0.250. The molecule has 0 aliphatic heterocycles. The number of rotatable bonds is 10. The van der Waals surface area contributed by atoms with Crippen molar-refractivity contribution in [2.45, 2.75) is 13.5 Å². The molecule has 2 rings (SSSR count). The highest BCUT2D eigenvalue weighted by Gasteiger charge is 2.11. The van der Waals surface area contributed by atoms with Crippen LogP contribution in [0.5, 0.6) is 11.5 Å². The first-order valence-corrected chi connectivity index (χ1v) is 9.01. The Bertz CT molecular complexity index is 743. The van der Waals surface area contributed by atoms with E-state index in [0.717, 1.165) is 11.6 Å². The van der Waals surface area contributed by atoms with Crippen molar-refractivity contribution in [1.82, 2.24) is 0 Å². The number of aliphatic carboxylic acids is 1. The Balaban J connectivity index is 1.95. The fourth-order valence-corrected chi connectivity index (χ4v) is 2.80. The zero-order chi connectivity index (χ0) is 18.8. The Hall–Kier alpha value is -2.31. The minimum atomic E-state index is -1.00. The summed E-state index contributed by atoms with van der Waals surface area (Å²) in [5.41, 5.74) is 1.81. The van der Waals surface area contributed by atoms with Crippen LogP contribution in [0.15, 0.2) is 53.0 Å². The van der Waals surface area contributed by atoms with Crippen molar-refractivity contribution in [2.75, 3.05) is 19.8 Å². The van der Waals surface area contributed by atoms with Crippen LogP contribution in [0.2, 0.25) is 0 Å². The lowest BCUT2D eigenvalue weighted by Crippen LogP contribution is -2.08. The molecule has 0 radical (unpaired) electrons. The Morgan fingerprint density at radius 1 is 1.15 bits per heavy atom. The normalized spacial score (nSPS) is 10.8. The van der Waals surface area contributed by atoms with Gasteiger partial charge >= 0.3 is 5.97 Å². The molecule has 0 aromatic heterocycles. The van der Waals surface area contributed by atoms with Crippen molar-refractivity contribution in [3.8, 4) is 11.5 Å². The van der Waals surface area contributed by atoms with E-state index in [2.05, 4.69) is 15.9 Å². The molecule has 0 saturated heterocycles. The summed E-state index contributed by atoms with van der Waals surface area (Å²) in [5, 5.41) is 8.75. The molecule has 0 amide bonds. The third-order valence-electron chi connectivity index (χ3n) is 3.34. The van der Waals surface area contributed by atoms with E-state index in [-0.39, 0.29) is 0 Å². The predicted molar refractivity (Wildman–Crippen MR) is 104 cm³/mol. The average molecular weight is 421 g/mol. The topological polar surface area (TPSA) is 65.0 Å². The number of carboxylic acid groups (broad SMARTS) is 1. The third kappa shape index (κ3) is 6.54. The standard InChI is InChI=1S/C20H21BrO5/c1-2-25-18-13-16(8-9-19(22)23)12-17(21)20(18)26-11-10-24-14-15-6-4-3-5-7-15/h3-9,12-13H,2,10-11,14H2,1H3,(H,22,23)/b9-8+. The van der Waals surface area contributed by atoms with E-state index in [9.17, 15) is 4.79 Å². The van der Waals surface area contributed by atoms with E-state index in [1.807, 2.05) is 37.3 Å². The molecule has 26 heavy (non-hydrogen) atoms. The van der Waals surface area contributed by atoms with Gasteiger partial charge in [0.05, 0.1) is 24.3 Å². The second kappa shape index (κ2) is 10.6. The van der Waals surface area contributed by atoms with E-state index >= 15 is 0 Å². The number of ether oxygens (including phenoxy) is 3. The molecule has 2 aromatic rings. The van der Waals surface area contributed by atoms with Gasteiger partial charge in [-0.05, 0) is 52.2 Å². The number of carbonyl (C=O) groups is 1.